The number of aromatic nitrogens is 2. The topological polar surface area (TPSA) is 32.3 Å². The number of thiazole rings is 2. The molecule has 0 N–H and O–H groups in total. The molecule has 52 heavy (non-hydrogen) atoms. The molecule has 4 heterocycles. The number of nitrogens with zero attached hydrogens (tertiary/aromatic N) is 4. The van der Waals surface area contributed by atoms with Crippen molar-refractivity contribution < 1.29 is 0 Å². The van der Waals surface area contributed by atoms with Gasteiger partial charge in [-0.05, 0) is 109 Å². The predicted octanol–water partition coefficient (Wildman–Crippen LogP) is 14.1. The van der Waals surface area contributed by atoms with E-state index in [2.05, 4.69) is 168 Å². The van der Waals surface area contributed by atoms with Crippen LogP contribution in [0, 0.1) is 0 Å². The molecule has 11 rings (SSSR count). The highest BCUT2D eigenvalue weighted by molar-refractivity contribution is 8.00. The maximum Gasteiger partial charge on any atom is 0.124 e. The van der Waals surface area contributed by atoms with Gasteiger partial charge in [0.1, 0.15) is 10.0 Å². The van der Waals surface area contributed by atoms with Crippen molar-refractivity contribution in [1.82, 2.24) is 9.97 Å². The fraction of sp³-hybridized carbons (Fsp3) is 0. The Labute approximate surface area is 317 Å². The Morgan fingerprint density at radius 1 is 0.365 bits per heavy atom. The van der Waals surface area contributed by atoms with Crippen molar-refractivity contribution in [3.63, 3.8) is 0 Å². The summed E-state index contributed by atoms with van der Waals surface area (Å²) in [7, 11) is 0. The van der Waals surface area contributed by atoms with Gasteiger partial charge in [0.25, 0.3) is 0 Å². The van der Waals surface area contributed by atoms with Gasteiger partial charge in [0.2, 0.25) is 0 Å². The quantitative estimate of drug-likeness (QED) is 0.179. The van der Waals surface area contributed by atoms with Gasteiger partial charge < -0.3 is 9.80 Å². The second-order valence-corrected chi connectivity index (χ2v) is 16.9. The molecule has 7 aromatic carbocycles. The summed E-state index contributed by atoms with van der Waals surface area (Å²) in [6.45, 7) is 0. The van der Waals surface area contributed by atoms with Crippen LogP contribution in [0.3, 0.4) is 0 Å². The molecular weight excluding hydrogens is 713 g/mol. The van der Waals surface area contributed by atoms with Gasteiger partial charge in [0, 0.05) is 42.1 Å². The second kappa shape index (κ2) is 12.1. The Bertz CT molecular complexity index is 2490. The molecule has 0 spiro atoms. The molecule has 8 heteroatoms. The molecule has 2 aromatic heterocycles. The van der Waals surface area contributed by atoms with Gasteiger partial charge in [-0.3, -0.25) is 0 Å². The van der Waals surface area contributed by atoms with Crippen LogP contribution in [0.15, 0.2) is 177 Å². The van der Waals surface area contributed by atoms with E-state index in [1.165, 1.54) is 51.7 Å². The molecule has 9 aromatic rings. The minimum atomic E-state index is 0.986. The van der Waals surface area contributed by atoms with Crippen LogP contribution in [0.25, 0.3) is 41.6 Å². The van der Waals surface area contributed by atoms with E-state index in [4.69, 9.17) is 9.97 Å². The summed E-state index contributed by atoms with van der Waals surface area (Å²) in [5.41, 5.74) is 11.3. The third-order valence-corrected chi connectivity index (χ3v) is 13.9. The summed E-state index contributed by atoms with van der Waals surface area (Å²) in [4.78, 5) is 19.9. The van der Waals surface area contributed by atoms with Gasteiger partial charge in [0.05, 0.1) is 43.2 Å². The van der Waals surface area contributed by atoms with Crippen molar-refractivity contribution in [2.75, 3.05) is 9.80 Å². The minimum Gasteiger partial charge on any atom is -0.308 e. The van der Waals surface area contributed by atoms with Crippen LogP contribution in [0.5, 0.6) is 0 Å². The number of benzene rings is 7. The third-order valence-electron chi connectivity index (χ3n) is 9.51. The van der Waals surface area contributed by atoms with Crippen molar-refractivity contribution >= 4 is 101 Å². The van der Waals surface area contributed by atoms with Crippen LogP contribution in [0.2, 0.25) is 0 Å². The molecule has 0 unspecified atom stereocenters. The molecule has 0 saturated carbocycles. The number of hydrogen-bond donors (Lipinski definition) is 0. The number of hydrogen-bond acceptors (Lipinski definition) is 8. The zero-order valence-electron chi connectivity index (χ0n) is 27.4. The second-order valence-electron chi connectivity index (χ2n) is 12.7. The average molecular weight is 739 g/mol. The van der Waals surface area contributed by atoms with E-state index in [1.807, 2.05) is 23.5 Å². The molecule has 4 nitrogen and oxygen atoms in total. The summed E-state index contributed by atoms with van der Waals surface area (Å²) >= 11 is 7.14. The van der Waals surface area contributed by atoms with E-state index in [-0.39, 0.29) is 0 Å². The third kappa shape index (κ3) is 4.98. The maximum atomic E-state index is 5.09. The van der Waals surface area contributed by atoms with E-state index in [1.54, 1.807) is 22.7 Å². The summed E-state index contributed by atoms with van der Waals surface area (Å²) in [5.74, 6) is 0. The fourth-order valence-electron chi connectivity index (χ4n) is 7.07. The zero-order valence-corrected chi connectivity index (χ0v) is 30.7. The summed E-state index contributed by atoms with van der Waals surface area (Å²) in [6, 6.07) is 56.5. The number of anilines is 6. The van der Waals surface area contributed by atoms with Crippen LogP contribution in [0.1, 0.15) is 0 Å². The van der Waals surface area contributed by atoms with Crippen molar-refractivity contribution in [2.45, 2.75) is 19.6 Å². The first-order valence-electron chi connectivity index (χ1n) is 17.0. The van der Waals surface area contributed by atoms with Crippen molar-refractivity contribution in [2.24, 2.45) is 0 Å². The van der Waals surface area contributed by atoms with E-state index >= 15 is 0 Å². The number of fused-ring (bicyclic) bond motifs is 6. The molecule has 2 aliphatic rings. The number of para-hydroxylation sites is 4. The summed E-state index contributed by atoms with van der Waals surface area (Å²) in [6.07, 6.45) is 0. The smallest absolute Gasteiger partial charge is 0.124 e. The van der Waals surface area contributed by atoms with Crippen LogP contribution < -0.4 is 9.80 Å². The van der Waals surface area contributed by atoms with Gasteiger partial charge in [-0.2, -0.15) is 0 Å². The highest BCUT2D eigenvalue weighted by Gasteiger charge is 2.26. The highest BCUT2D eigenvalue weighted by atomic mass is 32.2. The van der Waals surface area contributed by atoms with E-state index in [0.29, 0.717) is 0 Å². The van der Waals surface area contributed by atoms with Gasteiger partial charge in [-0.15, -0.1) is 22.7 Å². The average Bonchev–Trinajstić information content (AvgIpc) is 3.82. The lowest BCUT2D eigenvalue weighted by molar-refractivity contribution is 1.17. The van der Waals surface area contributed by atoms with E-state index in [9.17, 15) is 0 Å². The van der Waals surface area contributed by atoms with Gasteiger partial charge in [0.15, 0.2) is 0 Å². The van der Waals surface area contributed by atoms with Crippen LogP contribution in [0.4, 0.5) is 34.1 Å². The highest BCUT2D eigenvalue weighted by Crippen LogP contribution is 2.53. The molecule has 246 valence electrons. The van der Waals surface area contributed by atoms with Crippen molar-refractivity contribution in [3.8, 4) is 21.1 Å². The summed E-state index contributed by atoms with van der Waals surface area (Å²) in [5, 5.41) is 2.04. The van der Waals surface area contributed by atoms with Gasteiger partial charge in [-0.1, -0.05) is 72.1 Å². The molecule has 0 bridgehead atoms. The van der Waals surface area contributed by atoms with Gasteiger partial charge >= 0.3 is 0 Å². The zero-order chi connectivity index (χ0) is 34.2. The monoisotopic (exact) mass is 738 g/mol. The Morgan fingerprint density at radius 2 is 0.712 bits per heavy atom. The lowest BCUT2D eigenvalue weighted by Crippen LogP contribution is -2.14. The minimum absolute atomic E-state index is 0.986. The first-order chi connectivity index (χ1) is 25.7. The Hall–Kier alpha value is -5.38. The molecule has 0 fully saturated rings. The SMILES string of the molecule is c1ccc2c(c1)Sc1ccccc1N2c1ccc(-c2nc3cc4nc(-c5ccc(N6c7ccccc7Sc7ccccc76)cc5)sc4cc3s2)cc1. The molecule has 2 aliphatic heterocycles. The number of rotatable bonds is 4. The molecule has 0 radical (unpaired) electrons. The predicted molar refractivity (Wildman–Crippen MR) is 221 cm³/mol. The van der Waals surface area contributed by atoms with Crippen molar-refractivity contribution in [3.05, 3.63) is 158 Å². The van der Waals surface area contributed by atoms with E-state index in [0.717, 1.165) is 43.6 Å². The van der Waals surface area contributed by atoms with E-state index < -0.39 is 0 Å². The first-order valence-corrected chi connectivity index (χ1v) is 20.2. The normalized spacial score (nSPS) is 13.2. The van der Waals surface area contributed by atoms with Crippen LogP contribution >= 0.6 is 46.2 Å². The fourth-order valence-corrected chi connectivity index (χ4v) is 11.2. The maximum absolute atomic E-state index is 5.09. The van der Waals surface area contributed by atoms with Crippen LogP contribution in [-0.4, -0.2) is 9.97 Å². The Kier molecular flexibility index (Phi) is 7.05. The molecule has 0 aliphatic carbocycles. The first kappa shape index (κ1) is 30.3. The molecule has 0 amide bonds. The Morgan fingerprint density at radius 3 is 1.08 bits per heavy atom. The molecular formula is C44H26N4S4. The van der Waals surface area contributed by atoms with Gasteiger partial charge in [-0.25, -0.2) is 9.97 Å². The lowest BCUT2D eigenvalue weighted by Gasteiger charge is -2.32. The Balaban J connectivity index is 0.885. The molecule has 0 saturated heterocycles. The molecule has 0 atom stereocenters. The van der Waals surface area contributed by atoms with Crippen molar-refractivity contribution in [1.29, 1.82) is 0 Å². The standard InChI is InChI=1S/C44H26N4S4/c1-5-13-37-33(9-1)47(34-10-2-6-14-38(34)49-37)29-21-17-27(18-22-29)43-45-31-25-32-42(26-41(31)51-43)52-44(46-32)28-19-23-30(24-20-28)48-35-11-3-7-15-39(35)50-40-16-8-4-12-36(40)48/h1-26H. The summed E-state index contributed by atoms with van der Waals surface area (Å²) < 4.78 is 2.35. The lowest BCUT2D eigenvalue weighted by atomic mass is 10.1. The largest absolute Gasteiger partial charge is 0.308 e. The van der Waals surface area contributed by atoms with Crippen LogP contribution in [-0.2, 0) is 0 Å².